The van der Waals surface area contributed by atoms with Crippen molar-refractivity contribution in [2.45, 2.75) is 58.5 Å². The predicted octanol–water partition coefficient (Wildman–Crippen LogP) is 2.09. The van der Waals surface area contributed by atoms with Gasteiger partial charge in [0.1, 0.15) is 17.5 Å². The zero-order valence-electron chi connectivity index (χ0n) is 13.8. The number of anilines is 2. The summed E-state index contributed by atoms with van der Waals surface area (Å²) in [7, 11) is 2.20. The average molecular weight is 292 g/mol. The summed E-state index contributed by atoms with van der Waals surface area (Å²) in [6.07, 6.45) is 2.65. The molecule has 6 heteroatoms. The van der Waals surface area contributed by atoms with Crippen LogP contribution in [0.25, 0.3) is 0 Å². The SMILES string of the molecule is Cc1c(NN)nc(C(C)C)nc1NCC(C)N(C)C1CC1. The molecule has 1 saturated carbocycles. The smallest absolute Gasteiger partial charge is 0.148 e. The highest BCUT2D eigenvalue weighted by Crippen LogP contribution is 2.27. The lowest BCUT2D eigenvalue weighted by atomic mass is 10.2. The van der Waals surface area contributed by atoms with Crippen LogP contribution >= 0.6 is 0 Å². The highest BCUT2D eigenvalue weighted by molar-refractivity contribution is 5.56. The Labute approximate surface area is 127 Å². The van der Waals surface area contributed by atoms with Crippen LogP contribution in [0.4, 0.5) is 11.6 Å². The van der Waals surface area contributed by atoms with Gasteiger partial charge in [0.05, 0.1) is 0 Å². The zero-order chi connectivity index (χ0) is 15.6. The van der Waals surface area contributed by atoms with Crippen LogP contribution < -0.4 is 16.6 Å². The fourth-order valence-electron chi connectivity index (χ4n) is 2.33. The monoisotopic (exact) mass is 292 g/mol. The first-order valence-corrected chi connectivity index (χ1v) is 7.75. The van der Waals surface area contributed by atoms with E-state index in [0.717, 1.165) is 29.8 Å². The van der Waals surface area contributed by atoms with E-state index in [2.05, 4.69) is 53.4 Å². The van der Waals surface area contributed by atoms with Crippen LogP contribution in [0.15, 0.2) is 0 Å². The molecule has 0 spiro atoms. The third-order valence-electron chi connectivity index (χ3n) is 4.20. The van der Waals surface area contributed by atoms with Crippen LogP contribution in [0.5, 0.6) is 0 Å². The first-order chi connectivity index (χ1) is 9.93. The van der Waals surface area contributed by atoms with E-state index < -0.39 is 0 Å². The number of nitrogens with two attached hydrogens (primary N) is 1. The molecule has 1 heterocycles. The van der Waals surface area contributed by atoms with Gasteiger partial charge in [0, 0.05) is 30.1 Å². The maximum absolute atomic E-state index is 5.56. The van der Waals surface area contributed by atoms with Gasteiger partial charge >= 0.3 is 0 Å². The molecule has 118 valence electrons. The highest BCUT2D eigenvalue weighted by Gasteiger charge is 2.29. The minimum Gasteiger partial charge on any atom is -0.368 e. The maximum atomic E-state index is 5.56. The zero-order valence-corrected chi connectivity index (χ0v) is 13.8. The van der Waals surface area contributed by atoms with E-state index in [1.165, 1.54) is 12.8 Å². The summed E-state index contributed by atoms with van der Waals surface area (Å²) >= 11 is 0. The van der Waals surface area contributed by atoms with Crippen molar-refractivity contribution in [3.8, 4) is 0 Å². The molecule has 0 radical (unpaired) electrons. The largest absolute Gasteiger partial charge is 0.368 e. The molecule has 1 aromatic heterocycles. The summed E-state index contributed by atoms with van der Waals surface area (Å²) in [6, 6.07) is 1.24. The molecule has 0 bridgehead atoms. The first-order valence-electron chi connectivity index (χ1n) is 7.75. The highest BCUT2D eigenvalue weighted by atomic mass is 15.3. The van der Waals surface area contributed by atoms with Gasteiger partial charge < -0.3 is 10.7 Å². The van der Waals surface area contributed by atoms with Gasteiger partial charge in [0.15, 0.2) is 0 Å². The second kappa shape index (κ2) is 6.58. The van der Waals surface area contributed by atoms with Gasteiger partial charge in [-0.1, -0.05) is 13.8 Å². The van der Waals surface area contributed by atoms with Crippen molar-refractivity contribution in [1.29, 1.82) is 0 Å². The molecule has 1 aromatic rings. The van der Waals surface area contributed by atoms with Crippen molar-refractivity contribution in [3.63, 3.8) is 0 Å². The van der Waals surface area contributed by atoms with Crippen LogP contribution in [0.1, 0.15) is 50.9 Å². The lowest BCUT2D eigenvalue weighted by molar-refractivity contribution is 0.257. The molecule has 1 aliphatic rings. The van der Waals surface area contributed by atoms with Gasteiger partial charge in [-0.2, -0.15) is 0 Å². The van der Waals surface area contributed by atoms with E-state index >= 15 is 0 Å². The maximum Gasteiger partial charge on any atom is 0.148 e. The average Bonchev–Trinajstić information content (AvgIpc) is 3.29. The molecule has 1 aliphatic carbocycles. The van der Waals surface area contributed by atoms with Crippen LogP contribution in [-0.2, 0) is 0 Å². The quantitative estimate of drug-likeness (QED) is 0.527. The van der Waals surface area contributed by atoms with Gasteiger partial charge in [-0.05, 0) is 33.7 Å². The van der Waals surface area contributed by atoms with Gasteiger partial charge in [0.2, 0.25) is 0 Å². The second-order valence-corrected chi connectivity index (χ2v) is 6.33. The number of hydrogen-bond acceptors (Lipinski definition) is 6. The minimum atomic E-state index is 0.268. The van der Waals surface area contributed by atoms with E-state index in [1.54, 1.807) is 0 Å². The molecule has 0 amide bonds. The number of hydrazine groups is 1. The van der Waals surface area contributed by atoms with Gasteiger partial charge in [-0.25, -0.2) is 15.8 Å². The number of nitrogens with one attached hydrogen (secondary N) is 2. The Morgan fingerprint density at radius 1 is 1.24 bits per heavy atom. The van der Waals surface area contributed by atoms with Crippen molar-refractivity contribution < 1.29 is 0 Å². The van der Waals surface area contributed by atoms with Crippen LogP contribution in [0.3, 0.4) is 0 Å². The summed E-state index contributed by atoms with van der Waals surface area (Å²) in [4.78, 5) is 11.5. The normalized spacial score (nSPS) is 16.4. The van der Waals surface area contributed by atoms with Gasteiger partial charge in [-0.3, -0.25) is 4.90 Å². The summed E-state index contributed by atoms with van der Waals surface area (Å²) in [5, 5.41) is 3.46. The van der Waals surface area contributed by atoms with E-state index in [1.807, 2.05) is 6.92 Å². The summed E-state index contributed by atoms with van der Waals surface area (Å²) in [5.74, 6) is 8.20. The molecule has 1 fully saturated rings. The molecular formula is C15H28N6. The van der Waals surface area contributed by atoms with E-state index in [4.69, 9.17) is 5.84 Å². The summed E-state index contributed by atoms with van der Waals surface area (Å²) in [6.45, 7) is 9.26. The molecule has 1 unspecified atom stereocenters. The third-order valence-corrected chi connectivity index (χ3v) is 4.20. The van der Waals surface area contributed by atoms with Crippen molar-refractivity contribution in [2.75, 3.05) is 24.3 Å². The van der Waals surface area contributed by atoms with E-state index in [-0.39, 0.29) is 5.92 Å². The van der Waals surface area contributed by atoms with Crippen LogP contribution in [0.2, 0.25) is 0 Å². The Kier molecular flexibility index (Phi) is 5.00. The number of rotatable bonds is 7. The Hall–Kier alpha value is -1.40. The van der Waals surface area contributed by atoms with Gasteiger partial charge in [0.25, 0.3) is 0 Å². The first kappa shape index (κ1) is 16.0. The second-order valence-electron chi connectivity index (χ2n) is 6.33. The minimum absolute atomic E-state index is 0.268. The molecular weight excluding hydrogens is 264 g/mol. The molecule has 6 nitrogen and oxygen atoms in total. The number of hydrogen-bond donors (Lipinski definition) is 3. The van der Waals surface area contributed by atoms with E-state index in [0.29, 0.717) is 11.9 Å². The van der Waals surface area contributed by atoms with Crippen LogP contribution in [0, 0.1) is 6.92 Å². The van der Waals surface area contributed by atoms with Crippen molar-refractivity contribution >= 4 is 11.6 Å². The lowest BCUT2D eigenvalue weighted by Gasteiger charge is -2.25. The Bertz CT molecular complexity index is 483. The number of likely N-dealkylation sites (N-methyl/N-ethyl adjacent to an activating group) is 1. The molecule has 0 saturated heterocycles. The summed E-state index contributed by atoms with van der Waals surface area (Å²) in [5.41, 5.74) is 3.63. The number of nitrogens with zero attached hydrogens (tertiary/aromatic N) is 3. The number of aromatic nitrogens is 2. The lowest BCUT2D eigenvalue weighted by Crippen LogP contribution is -2.36. The molecule has 0 aromatic carbocycles. The molecule has 2 rings (SSSR count). The fourth-order valence-corrected chi connectivity index (χ4v) is 2.33. The fraction of sp³-hybridized carbons (Fsp3) is 0.733. The third kappa shape index (κ3) is 3.83. The van der Waals surface area contributed by atoms with Crippen molar-refractivity contribution in [2.24, 2.45) is 5.84 Å². The Morgan fingerprint density at radius 3 is 2.38 bits per heavy atom. The van der Waals surface area contributed by atoms with Crippen molar-refractivity contribution in [1.82, 2.24) is 14.9 Å². The predicted molar refractivity (Wildman–Crippen MR) is 87.4 cm³/mol. The standard InChI is InChI=1S/C15H28N6/c1-9(2)13-18-14(11(4)15(19-13)20-16)17-8-10(3)21(5)12-6-7-12/h9-10,12H,6-8,16H2,1-5H3,(H2,17,18,19,20). The van der Waals surface area contributed by atoms with E-state index in [9.17, 15) is 0 Å². The van der Waals surface area contributed by atoms with Crippen LogP contribution in [-0.4, -0.2) is 40.5 Å². The molecule has 4 N–H and O–H groups in total. The number of nitrogen functional groups attached to an aromatic ring is 1. The molecule has 1 atom stereocenters. The Morgan fingerprint density at radius 2 is 1.86 bits per heavy atom. The van der Waals surface area contributed by atoms with Gasteiger partial charge in [-0.15, -0.1) is 0 Å². The molecule has 21 heavy (non-hydrogen) atoms. The topological polar surface area (TPSA) is 79.1 Å². The summed E-state index contributed by atoms with van der Waals surface area (Å²) < 4.78 is 0. The molecule has 0 aliphatic heterocycles. The van der Waals surface area contributed by atoms with Crippen molar-refractivity contribution in [3.05, 3.63) is 11.4 Å². The Balaban J connectivity index is 2.08.